The summed E-state index contributed by atoms with van der Waals surface area (Å²) < 4.78 is 0. The summed E-state index contributed by atoms with van der Waals surface area (Å²) >= 11 is 1.50. The molecule has 2 amide bonds. The molecule has 0 aliphatic heterocycles. The molecule has 0 aliphatic rings. The van der Waals surface area contributed by atoms with Crippen LogP contribution in [0.2, 0.25) is 0 Å². The quantitative estimate of drug-likeness (QED) is 0.816. The van der Waals surface area contributed by atoms with E-state index in [0.29, 0.717) is 17.4 Å². The summed E-state index contributed by atoms with van der Waals surface area (Å²) in [5.41, 5.74) is 5.92. The van der Waals surface area contributed by atoms with Gasteiger partial charge in [0.25, 0.3) is 5.91 Å². The Balaban J connectivity index is 2.34. The van der Waals surface area contributed by atoms with Gasteiger partial charge in [0.15, 0.2) is 0 Å². The molecule has 0 fully saturated rings. The van der Waals surface area contributed by atoms with Gasteiger partial charge in [0.2, 0.25) is 5.91 Å². The van der Waals surface area contributed by atoms with E-state index in [4.69, 9.17) is 5.73 Å². The Morgan fingerprint density at radius 2 is 2.00 bits per heavy atom. The molecule has 0 aromatic heterocycles. The highest BCUT2D eigenvalue weighted by Crippen LogP contribution is 2.12. The van der Waals surface area contributed by atoms with Crippen molar-refractivity contribution in [3.8, 4) is 0 Å². The molecular weight excluding hydrogens is 248 g/mol. The molecule has 1 aromatic rings. The fourth-order valence-corrected chi connectivity index (χ4v) is 2.17. The standard InChI is InChI=1S/C13H18N2O2S/c1-10(7-8-14)18-9-12(16)15-13(17)11-5-3-2-4-6-11/h2-6,10H,7-9,14H2,1H3,(H,15,16,17). The largest absolute Gasteiger partial charge is 0.330 e. The zero-order valence-electron chi connectivity index (χ0n) is 10.4. The van der Waals surface area contributed by atoms with Crippen LogP contribution in [0.1, 0.15) is 23.7 Å². The SMILES string of the molecule is CC(CCN)SCC(=O)NC(=O)c1ccccc1. The van der Waals surface area contributed by atoms with E-state index in [1.54, 1.807) is 24.3 Å². The Bertz CT molecular complexity index is 395. The van der Waals surface area contributed by atoms with Gasteiger partial charge in [-0.15, -0.1) is 11.8 Å². The molecule has 0 saturated heterocycles. The van der Waals surface area contributed by atoms with Crippen LogP contribution in [0.4, 0.5) is 0 Å². The third kappa shape index (κ3) is 5.33. The van der Waals surface area contributed by atoms with Crippen molar-refractivity contribution in [2.75, 3.05) is 12.3 Å². The van der Waals surface area contributed by atoms with Crippen LogP contribution in [0.15, 0.2) is 30.3 Å². The Labute approximate surface area is 111 Å². The van der Waals surface area contributed by atoms with E-state index >= 15 is 0 Å². The van der Waals surface area contributed by atoms with Crippen molar-refractivity contribution in [1.82, 2.24) is 5.32 Å². The van der Waals surface area contributed by atoms with Crippen molar-refractivity contribution >= 4 is 23.6 Å². The van der Waals surface area contributed by atoms with E-state index in [0.717, 1.165) is 6.42 Å². The van der Waals surface area contributed by atoms with E-state index in [1.165, 1.54) is 11.8 Å². The smallest absolute Gasteiger partial charge is 0.257 e. The van der Waals surface area contributed by atoms with Gasteiger partial charge in [-0.1, -0.05) is 25.1 Å². The third-order valence-electron chi connectivity index (χ3n) is 2.36. The molecule has 18 heavy (non-hydrogen) atoms. The number of imide groups is 1. The minimum absolute atomic E-state index is 0.266. The van der Waals surface area contributed by atoms with E-state index in [2.05, 4.69) is 5.32 Å². The van der Waals surface area contributed by atoms with Crippen LogP contribution in [0, 0.1) is 0 Å². The first-order valence-corrected chi connectivity index (χ1v) is 6.89. The molecule has 0 bridgehead atoms. The minimum atomic E-state index is -0.354. The Kier molecular flexibility index (Phi) is 6.46. The van der Waals surface area contributed by atoms with Crippen LogP contribution in [0.25, 0.3) is 0 Å². The summed E-state index contributed by atoms with van der Waals surface area (Å²) in [7, 11) is 0. The lowest BCUT2D eigenvalue weighted by Crippen LogP contribution is -2.32. The molecule has 98 valence electrons. The molecule has 1 atom stereocenters. The Hall–Kier alpha value is -1.33. The van der Waals surface area contributed by atoms with Gasteiger partial charge in [-0.2, -0.15) is 0 Å². The molecule has 4 nitrogen and oxygen atoms in total. The van der Waals surface area contributed by atoms with Crippen LogP contribution in [-0.2, 0) is 4.79 Å². The number of benzene rings is 1. The van der Waals surface area contributed by atoms with Crippen molar-refractivity contribution in [2.45, 2.75) is 18.6 Å². The summed E-state index contributed by atoms with van der Waals surface area (Å²) in [6.45, 7) is 2.63. The normalized spacial score (nSPS) is 11.9. The van der Waals surface area contributed by atoms with Gasteiger partial charge in [0.1, 0.15) is 0 Å². The minimum Gasteiger partial charge on any atom is -0.330 e. The van der Waals surface area contributed by atoms with Crippen LogP contribution >= 0.6 is 11.8 Å². The van der Waals surface area contributed by atoms with Gasteiger partial charge in [0, 0.05) is 10.8 Å². The molecule has 0 radical (unpaired) electrons. The number of nitrogens with two attached hydrogens (primary N) is 1. The van der Waals surface area contributed by atoms with Crippen molar-refractivity contribution in [3.63, 3.8) is 0 Å². The lowest BCUT2D eigenvalue weighted by atomic mass is 10.2. The lowest BCUT2D eigenvalue weighted by molar-refractivity contribution is -0.117. The van der Waals surface area contributed by atoms with Gasteiger partial charge < -0.3 is 5.73 Å². The first-order valence-electron chi connectivity index (χ1n) is 5.84. The van der Waals surface area contributed by atoms with Crippen molar-refractivity contribution in [1.29, 1.82) is 0 Å². The monoisotopic (exact) mass is 266 g/mol. The number of rotatable bonds is 6. The first-order chi connectivity index (χ1) is 8.63. The van der Waals surface area contributed by atoms with Crippen molar-refractivity contribution in [3.05, 3.63) is 35.9 Å². The van der Waals surface area contributed by atoms with Gasteiger partial charge >= 0.3 is 0 Å². The van der Waals surface area contributed by atoms with Crippen LogP contribution in [-0.4, -0.2) is 29.4 Å². The molecule has 0 heterocycles. The number of nitrogens with one attached hydrogen (secondary N) is 1. The maximum absolute atomic E-state index is 11.7. The van der Waals surface area contributed by atoms with Gasteiger partial charge in [-0.05, 0) is 25.1 Å². The average Bonchev–Trinajstić information content (AvgIpc) is 2.38. The molecule has 3 N–H and O–H groups in total. The van der Waals surface area contributed by atoms with Crippen LogP contribution < -0.4 is 11.1 Å². The molecule has 0 spiro atoms. The number of carbonyl (C=O) groups is 2. The van der Waals surface area contributed by atoms with E-state index in [-0.39, 0.29) is 17.6 Å². The lowest BCUT2D eigenvalue weighted by Gasteiger charge is -2.09. The van der Waals surface area contributed by atoms with E-state index in [9.17, 15) is 9.59 Å². The van der Waals surface area contributed by atoms with E-state index < -0.39 is 0 Å². The average molecular weight is 266 g/mol. The van der Waals surface area contributed by atoms with Crippen molar-refractivity contribution < 1.29 is 9.59 Å². The van der Waals surface area contributed by atoms with Crippen LogP contribution in [0.3, 0.4) is 0 Å². The highest BCUT2D eigenvalue weighted by Gasteiger charge is 2.11. The zero-order chi connectivity index (χ0) is 13.4. The highest BCUT2D eigenvalue weighted by atomic mass is 32.2. The summed E-state index contributed by atoms with van der Waals surface area (Å²) in [6, 6.07) is 8.69. The van der Waals surface area contributed by atoms with Gasteiger partial charge in [-0.3, -0.25) is 14.9 Å². The fourth-order valence-electron chi connectivity index (χ4n) is 1.36. The predicted molar refractivity (Wildman–Crippen MR) is 74.5 cm³/mol. The maximum atomic E-state index is 11.7. The third-order valence-corrected chi connectivity index (χ3v) is 3.59. The molecule has 1 unspecified atom stereocenters. The summed E-state index contributed by atoms with van der Waals surface area (Å²) in [5, 5.41) is 2.69. The molecule has 1 aromatic carbocycles. The molecular formula is C13H18N2O2S. The molecule has 0 saturated carbocycles. The first kappa shape index (κ1) is 14.7. The van der Waals surface area contributed by atoms with Gasteiger partial charge in [-0.25, -0.2) is 0 Å². The molecule has 5 heteroatoms. The Morgan fingerprint density at radius 1 is 1.33 bits per heavy atom. The topological polar surface area (TPSA) is 72.2 Å². The maximum Gasteiger partial charge on any atom is 0.257 e. The zero-order valence-corrected chi connectivity index (χ0v) is 11.2. The highest BCUT2D eigenvalue weighted by molar-refractivity contribution is 8.00. The predicted octanol–water partition coefficient (Wildman–Crippen LogP) is 1.41. The molecule has 1 rings (SSSR count). The second-order valence-corrected chi connectivity index (χ2v) is 5.37. The van der Waals surface area contributed by atoms with Crippen LogP contribution in [0.5, 0.6) is 0 Å². The van der Waals surface area contributed by atoms with E-state index in [1.807, 2.05) is 13.0 Å². The fraction of sp³-hybridized carbons (Fsp3) is 0.385. The number of thioether (sulfide) groups is 1. The number of hydrogen-bond acceptors (Lipinski definition) is 4. The molecule has 0 aliphatic carbocycles. The number of carbonyl (C=O) groups excluding carboxylic acids is 2. The Morgan fingerprint density at radius 3 is 2.61 bits per heavy atom. The number of hydrogen-bond donors (Lipinski definition) is 2. The summed E-state index contributed by atoms with van der Waals surface area (Å²) in [4.78, 5) is 23.2. The number of amides is 2. The summed E-state index contributed by atoms with van der Waals surface area (Å²) in [5.74, 6) is -0.342. The summed E-state index contributed by atoms with van der Waals surface area (Å²) in [6.07, 6.45) is 0.866. The second-order valence-electron chi connectivity index (χ2n) is 3.94. The second kappa shape index (κ2) is 7.89. The van der Waals surface area contributed by atoms with Crippen molar-refractivity contribution in [2.24, 2.45) is 5.73 Å². The van der Waals surface area contributed by atoms with Gasteiger partial charge in [0.05, 0.1) is 5.75 Å².